The van der Waals surface area contributed by atoms with Crippen molar-refractivity contribution in [2.24, 2.45) is 0 Å². The number of fused-ring (bicyclic) bond motifs is 2. The summed E-state index contributed by atoms with van der Waals surface area (Å²) in [6.45, 7) is 3.45. The summed E-state index contributed by atoms with van der Waals surface area (Å²) in [5.41, 5.74) is 2.29. The molecule has 1 saturated carbocycles. The van der Waals surface area contributed by atoms with E-state index >= 15 is 0 Å². The summed E-state index contributed by atoms with van der Waals surface area (Å²) in [4.78, 5) is 5.02. The molecule has 1 saturated heterocycles. The normalized spacial score (nSPS) is 22.3. The summed E-state index contributed by atoms with van der Waals surface area (Å²) in [6.07, 6.45) is 6.25. The molecule has 1 N–H and O–H groups in total. The highest BCUT2D eigenvalue weighted by Gasteiger charge is 2.30. The van der Waals surface area contributed by atoms with Crippen molar-refractivity contribution in [3.63, 3.8) is 0 Å². The number of nitrogens with zero attached hydrogens (tertiary/aromatic N) is 2. The van der Waals surface area contributed by atoms with Gasteiger partial charge in [0.25, 0.3) is 0 Å². The molecule has 0 amide bonds. The minimum atomic E-state index is 0.555. The van der Waals surface area contributed by atoms with Gasteiger partial charge < -0.3 is 19.4 Å². The van der Waals surface area contributed by atoms with E-state index in [0.717, 1.165) is 30.1 Å². The van der Waals surface area contributed by atoms with E-state index in [1.165, 1.54) is 43.4 Å². The van der Waals surface area contributed by atoms with Crippen LogP contribution >= 0.6 is 0 Å². The Morgan fingerprint density at radius 3 is 2.43 bits per heavy atom. The number of piperidine rings is 1. The molecule has 1 aliphatic carbocycles. The van der Waals surface area contributed by atoms with Crippen LogP contribution in [-0.4, -0.2) is 35.9 Å². The van der Waals surface area contributed by atoms with E-state index in [9.17, 15) is 0 Å². The molecular formula is C18H23N3O2. The molecule has 0 unspecified atom stereocenters. The molecule has 1 aromatic heterocycles. The molecule has 0 atom stereocenters. The Bertz CT molecular complexity index is 729. The van der Waals surface area contributed by atoms with Crippen molar-refractivity contribution in [1.82, 2.24) is 14.9 Å². The highest BCUT2D eigenvalue weighted by atomic mass is 16.6. The van der Waals surface area contributed by atoms with Crippen molar-refractivity contribution in [2.75, 3.05) is 26.3 Å². The van der Waals surface area contributed by atoms with Gasteiger partial charge in [0.1, 0.15) is 19.0 Å². The SMILES string of the molecule is c1c2c(cc3c1nc(C1CCC1)n3C1CCNCC1)OCCO2. The minimum Gasteiger partial charge on any atom is -0.486 e. The summed E-state index contributed by atoms with van der Waals surface area (Å²) in [6, 6.07) is 4.78. The summed E-state index contributed by atoms with van der Waals surface area (Å²) in [7, 11) is 0. The molecule has 122 valence electrons. The molecule has 3 heterocycles. The molecule has 5 nitrogen and oxygen atoms in total. The zero-order valence-corrected chi connectivity index (χ0v) is 13.4. The van der Waals surface area contributed by atoms with Gasteiger partial charge in [0.2, 0.25) is 0 Å². The first-order chi connectivity index (χ1) is 11.4. The highest BCUT2D eigenvalue weighted by Crippen LogP contribution is 2.42. The first-order valence-electron chi connectivity index (χ1n) is 8.92. The smallest absolute Gasteiger partial charge is 0.163 e. The maximum atomic E-state index is 5.81. The molecule has 2 fully saturated rings. The van der Waals surface area contributed by atoms with Gasteiger partial charge in [0, 0.05) is 24.1 Å². The topological polar surface area (TPSA) is 48.3 Å². The highest BCUT2D eigenvalue weighted by molar-refractivity contribution is 5.81. The van der Waals surface area contributed by atoms with E-state index in [1.54, 1.807) is 0 Å². The Kier molecular flexibility index (Phi) is 3.21. The predicted octanol–water partition coefficient (Wildman–Crippen LogP) is 3.00. The number of benzene rings is 1. The van der Waals surface area contributed by atoms with E-state index in [0.29, 0.717) is 25.2 Å². The van der Waals surface area contributed by atoms with E-state index in [2.05, 4.69) is 22.0 Å². The second kappa shape index (κ2) is 5.41. The van der Waals surface area contributed by atoms with Crippen LogP contribution in [0.3, 0.4) is 0 Å². The number of hydrogen-bond acceptors (Lipinski definition) is 4. The summed E-state index contributed by atoms with van der Waals surface area (Å²) < 4.78 is 14.1. The quantitative estimate of drug-likeness (QED) is 0.926. The monoisotopic (exact) mass is 313 g/mol. The molecule has 2 aromatic rings. The fourth-order valence-electron chi connectivity index (χ4n) is 4.05. The lowest BCUT2D eigenvalue weighted by molar-refractivity contribution is 0.172. The number of rotatable bonds is 2. The molecule has 0 radical (unpaired) electrons. The van der Waals surface area contributed by atoms with Crippen LogP contribution in [0.15, 0.2) is 12.1 Å². The third kappa shape index (κ3) is 2.21. The lowest BCUT2D eigenvalue weighted by atomic mass is 9.84. The van der Waals surface area contributed by atoms with Crippen LogP contribution in [0, 0.1) is 0 Å². The van der Waals surface area contributed by atoms with Gasteiger partial charge in [-0.3, -0.25) is 0 Å². The van der Waals surface area contributed by atoms with Crippen LogP contribution in [0.5, 0.6) is 11.5 Å². The molecule has 2 aliphatic heterocycles. The van der Waals surface area contributed by atoms with Gasteiger partial charge in [-0.25, -0.2) is 4.98 Å². The van der Waals surface area contributed by atoms with Crippen LogP contribution in [0.2, 0.25) is 0 Å². The predicted molar refractivity (Wildman–Crippen MR) is 88.5 cm³/mol. The third-order valence-electron chi connectivity index (χ3n) is 5.52. The number of ether oxygens (including phenoxy) is 2. The average Bonchev–Trinajstić information content (AvgIpc) is 2.89. The zero-order valence-electron chi connectivity index (χ0n) is 13.4. The lowest BCUT2D eigenvalue weighted by Crippen LogP contribution is -2.31. The van der Waals surface area contributed by atoms with Crippen molar-refractivity contribution >= 4 is 11.0 Å². The van der Waals surface area contributed by atoms with E-state index < -0.39 is 0 Å². The standard InChI is InChI=1S/C18H23N3O2/c1-2-12(3-1)18-20-14-10-16-17(23-9-8-22-16)11-15(14)21(18)13-4-6-19-7-5-13/h10-13,19H,1-9H2. The van der Waals surface area contributed by atoms with Gasteiger partial charge in [-0.2, -0.15) is 0 Å². The van der Waals surface area contributed by atoms with E-state index in [-0.39, 0.29) is 0 Å². The Morgan fingerprint density at radius 1 is 1.00 bits per heavy atom. The molecule has 5 rings (SSSR count). The summed E-state index contributed by atoms with van der Waals surface area (Å²) >= 11 is 0. The van der Waals surface area contributed by atoms with Gasteiger partial charge >= 0.3 is 0 Å². The Labute approximate surface area is 136 Å². The van der Waals surface area contributed by atoms with Gasteiger partial charge in [-0.15, -0.1) is 0 Å². The summed E-state index contributed by atoms with van der Waals surface area (Å²) in [5.74, 6) is 3.65. The second-order valence-electron chi connectivity index (χ2n) is 6.93. The average molecular weight is 313 g/mol. The van der Waals surface area contributed by atoms with Crippen molar-refractivity contribution in [3.05, 3.63) is 18.0 Å². The Balaban J connectivity index is 1.67. The maximum Gasteiger partial charge on any atom is 0.163 e. The van der Waals surface area contributed by atoms with Gasteiger partial charge in [0.15, 0.2) is 11.5 Å². The lowest BCUT2D eigenvalue weighted by Gasteiger charge is -2.31. The van der Waals surface area contributed by atoms with Gasteiger partial charge in [-0.05, 0) is 38.8 Å². The fraction of sp³-hybridized carbons (Fsp3) is 0.611. The molecule has 1 aromatic carbocycles. The van der Waals surface area contributed by atoms with Crippen LogP contribution < -0.4 is 14.8 Å². The van der Waals surface area contributed by atoms with Crippen molar-refractivity contribution in [2.45, 2.75) is 44.1 Å². The Hall–Kier alpha value is -1.75. The third-order valence-corrected chi connectivity index (χ3v) is 5.52. The van der Waals surface area contributed by atoms with Crippen LogP contribution in [0.25, 0.3) is 11.0 Å². The molecule has 0 spiro atoms. The molecule has 23 heavy (non-hydrogen) atoms. The first kappa shape index (κ1) is 13.7. The van der Waals surface area contributed by atoms with Crippen molar-refractivity contribution in [3.8, 4) is 11.5 Å². The van der Waals surface area contributed by atoms with Crippen LogP contribution in [-0.2, 0) is 0 Å². The van der Waals surface area contributed by atoms with Gasteiger partial charge in [0.05, 0.1) is 11.0 Å². The first-order valence-corrected chi connectivity index (χ1v) is 8.92. The molecule has 0 bridgehead atoms. The number of nitrogens with one attached hydrogen (secondary N) is 1. The summed E-state index contributed by atoms with van der Waals surface area (Å²) in [5, 5.41) is 3.47. The van der Waals surface area contributed by atoms with Gasteiger partial charge in [-0.1, -0.05) is 6.42 Å². The largest absolute Gasteiger partial charge is 0.486 e. The maximum absolute atomic E-state index is 5.81. The van der Waals surface area contributed by atoms with Crippen molar-refractivity contribution < 1.29 is 9.47 Å². The molecular weight excluding hydrogens is 290 g/mol. The minimum absolute atomic E-state index is 0.555. The van der Waals surface area contributed by atoms with E-state index in [1.807, 2.05) is 0 Å². The number of aromatic nitrogens is 2. The molecule has 5 heteroatoms. The number of hydrogen-bond donors (Lipinski definition) is 1. The van der Waals surface area contributed by atoms with E-state index in [4.69, 9.17) is 14.5 Å². The zero-order chi connectivity index (χ0) is 15.2. The van der Waals surface area contributed by atoms with Crippen LogP contribution in [0.1, 0.15) is 49.9 Å². The van der Waals surface area contributed by atoms with Crippen molar-refractivity contribution in [1.29, 1.82) is 0 Å². The Morgan fingerprint density at radius 2 is 1.74 bits per heavy atom. The van der Waals surface area contributed by atoms with Crippen LogP contribution in [0.4, 0.5) is 0 Å². The fourth-order valence-corrected chi connectivity index (χ4v) is 4.05. The second-order valence-corrected chi connectivity index (χ2v) is 6.93. The number of imidazole rings is 1. The molecule has 3 aliphatic rings.